The van der Waals surface area contributed by atoms with Gasteiger partial charge in [0.05, 0.1) is 17.0 Å². The Labute approximate surface area is 121 Å². The molecule has 0 bridgehead atoms. The molecule has 0 spiro atoms. The first-order valence-corrected chi connectivity index (χ1v) is 6.90. The van der Waals surface area contributed by atoms with Crippen molar-refractivity contribution >= 4 is 23.4 Å². The van der Waals surface area contributed by atoms with Gasteiger partial charge < -0.3 is 9.47 Å². The van der Waals surface area contributed by atoms with E-state index in [4.69, 9.17) is 9.47 Å². The number of aryl methyl sites for hydroxylation is 1. The number of rotatable bonds is 5. The van der Waals surface area contributed by atoms with Crippen LogP contribution in [0.4, 0.5) is 0 Å². The predicted molar refractivity (Wildman–Crippen MR) is 78.7 cm³/mol. The molecule has 0 aliphatic carbocycles. The highest BCUT2D eigenvalue weighted by molar-refractivity contribution is 7.11. The number of nitrogens with zero attached hydrogens (tertiary/aromatic N) is 1. The zero-order valence-electron chi connectivity index (χ0n) is 11.3. The van der Waals surface area contributed by atoms with E-state index in [9.17, 15) is 4.79 Å². The number of esters is 1. The summed E-state index contributed by atoms with van der Waals surface area (Å²) >= 11 is 1.52. The summed E-state index contributed by atoms with van der Waals surface area (Å²) in [4.78, 5) is 16.7. The monoisotopic (exact) mass is 289 g/mol. The highest BCUT2D eigenvalue weighted by Crippen LogP contribution is 2.18. The van der Waals surface area contributed by atoms with E-state index < -0.39 is 0 Å². The molecule has 0 aliphatic rings. The van der Waals surface area contributed by atoms with Gasteiger partial charge in [-0.25, -0.2) is 9.78 Å². The molecular formula is C15H15NO3S. The van der Waals surface area contributed by atoms with Crippen molar-refractivity contribution in [2.45, 2.75) is 13.5 Å². The SMILES string of the molecule is COc1ccccc1C=CC(=O)OCc1cnc(C)s1. The third kappa shape index (κ3) is 3.93. The van der Waals surface area contributed by atoms with Crippen LogP contribution in [-0.2, 0) is 16.1 Å². The fraction of sp³-hybridized carbons (Fsp3) is 0.200. The number of hydrogen-bond donors (Lipinski definition) is 0. The van der Waals surface area contributed by atoms with Crippen molar-refractivity contribution in [1.82, 2.24) is 4.98 Å². The fourth-order valence-electron chi connectivity index (χ4n) is 1.62. The van der Waals surface area contributed by atoms with E-state index in [0.29, 0.717) is 0 Å². The highest BCUT2D eigenvalue weighted by atomic mass is 32.1. The van der Waals surface area contributed by atoms with Crippen molar-refractivity contribution in [2.24, 2.45) is 0 Å². The lowest BCUT2D eigenvalue weighted by Crippen LogP contribution is -1.99. The van der Waals surface area contributed by atoms with Crippen molar-refractivity contribution in [3.63, 3.8) is 0 Å². The summed E-state index contributed by atoms with van der Waals surface area (Å²) in [6, 6.07) is 7.47. The number of para-hydroxylation sites is 1. The van der Waals surface area contributed by atoms with Crippen LogP contribution in [0.5, 0.6) is 5.75 Å². The van der Waals surface area contributed by atoms with Gasteiger partial charge in [-0.05, 0) is 19.1 Å². The molecule has 2 aromatic rings. The summed E-state index contributed by atoms with van der Waals surface area (Å²) in [5, 5.41) is 0.959. The number of carbonyl (C=O) groups excluding carboxylic acids is 1. The van der Waals surface area contributed by atoms with Crippen LogP contribution in [-0.4, -0.2) is 18.1 Å². The summed E-state index contributed by atoms with van der Waals surface area (Å²) in [6.07, 6.45) is 4.79. The second-order valence-electron chi connectivity index (χ2n) is 4.03. The lowest BCUT2D eigenvalue weighted by Gasteiger charge is -2.03. The number of methoxy groups -OCH3 is 1. The van der Waals surface area contributed by atoms with Crippen LogP contribution in [0.15, 0.2) is 36.5 Å². The van der Waals surface area contributed by atoms with Crippen molar-refractivity contribution in [1.29, 1.82) is 0 Å². The first-order chi connectivity index (χ1) is 9.69. The molecule has 0 aliphatic heterocycles. The molecule has 0 fully saturated rings. The number of hydrogen-bond acceptors (Lipinski definition) is 5. The van der Waals surface area contributed by atoms with Gasteiger partial charge in [-0.3, -0.25) is 0 Å². The summed E-state index contributed by atoms with van der Waals surface area (Å²) in [6.45, 7) is 2.16. The van der Waals surface area contributed by atoms with Crippen molar-refractivity contribution in [3.8, 4) is 5.75 Å². The summed E-state index contributed by atoms with van der Waals surface area (Å²) in [7, 11) is 1.59. The molecule has 1 heterocycles. The summed E-state index contributed by atoms with van der Waals surface area (Å²) < 4.78 is 10.3. The van der Waals surface area contributed by atoms with Crippen LogP contribution in [0.25, 0.3) is 6.08 Å². The first kappa shape index (κ1) is 14.3. The van der Waals surface area contributed by atoms with E-state index in [1.54, 1.807) is 19.4 Å². The quantitative estimate of drug-likeness (QED) is 0.626. The Morgan fingerprint density at radius 3 is 2.90 bits per heavy atom. The van der Waals surface area contributed by atoms with Crippen LogP contribution in [0.3, 0.4) is 0 Å². The molecule has 104 valence electrons. The fourth-order valence-corrected chi connectivity index (χ4v) is 2.33. The molecule has 4 nitrogen and oxygen atoms in total. The van der Waals surface area contributed by atoms with E-state index in [1.807, 2.05) is 31.2 Å². The Balaban J connectivity index is 1.92. The molecular weight excluding hydrogens is 274 g/mol. The Kier molecular flexibility index (Phi) is 4.90. The third-order valence-corrected chi connectivity index (χ3v) is 3.45. The minimum Gasteiger partial charge on any atom is -0.496 e. The Morgan fingerprint density at radius 1 is 1.40 bits per heavy atom. The molecule has 0 unspecified atom stereocenters. The smallest absolute Gasteiger partial charge is 0.331 e. The number of aromatic nitrogens is 1. The van der Waals surface area contributed by atoms with E-state index in [2.05, 4.69) is 4.98 Å². The summed E-state index contributed by atoms with van der Waals surface area (Å²) in [5.41, 5.74) is 0.834. The number of ether oxygens (including phenoxy) is 2. The van der Waals surface area contributed by atoms with Crippen LogP contribution >= 0.6 is 11.3 Å². The highest BCUT2D eigenvalue weighted by Gasteiger charge is 2.03. The second kappa shape index (κ2) is 6.86. The molecule has 0 N–H and O–H groups in total. The van der Waals surface area contributed by atoms with E-state index in [-0.39, 0.29) is 12.6 Å². The number of carbonyl (C=O) groups is 1. The van der Waals surface area contributed by atoms with Crippen LogP contribution < -0.4 is 4.74 Å². The van der Waals surface area contributed by atoms with Gasteiger partial charge in [-0.1, -0.05) is 18.2 Å². The maximum atomic E-state index is 11.6. The molecule has 0 saturated heterocycles. The molecule has 0 radical (unpaired) electrons. The third-order valence-electron chi connectivity index (χ3n) is 2.56. The number of benzene rings is 1. The van der Waals surface area contributed by atoms with Gasteiger partial charge in [-0.2, -0.15) is 0 Å². The molecule has 0 amide bonds. The lowest BCUT2D eigenvalue weighted by molar-refractivity contribution is -0.138. The molecule has 0 atom stereocenters. The molecule has 20 heavy (non-hydrogen) atoms. The molecule has 1 aromatic carbocycles. The average molecular weight is 289 g/mol. The first-order valence-electron chi connectivity index (χ1n) is 6.08. The average Bonchev–Trinajstić information content (AvgIpc) is 2.89. The maximum absolute atomic E-state index is 11.6. The van der Waals surface area contributed by atoms with Crippen molar-refractivity contribution < 1.29 is 14.3 Å². The van der Waals surface area contributed by atoms with Gasteiger partial charge in [0.2, 0.25) is 0 Å². The van der Waals surface area contributed by atoms with Crippen LogP contribution in [0, 0.1) is 6.92 Å². The minimum absolute atomic E-state index is 0.251. The predicted octanol–water partition coefficient (Wildman–Crippen LogP) is 3.22. The zero-order valence-corrected chi connectivity index (χ0v) is 12.1. The molecule has 2 rings (SSSR count). The lowest BCUT2D eigenvalue weighted by atomic mass is 10.2. The van der Waals surface area contributed by atoms with Gasteiger partial charge in [0.1, 0.15) is 12.4 Å². The second-order valence-corrected chi connectivity index (χ2v) is 5.35. The largest absolute Gasteiger partial charge is 0.496 e. The topological polar surface area (TPSA) is 48.4 Å². The standard InChI is InChI=1S/C15H15NO3S/c1-11-16-9-13(20-11)10-19-15(17)8-7-12-5-3-4-6-14(12)18-2/h3-9H,10H2,1-2H3. The van der Waals surface area contributed by atoms with Gasteiger partial charge in [-0.15, -0.1) is 11.3 Å². The van der Waals surface area contributed by atoms with Gasteiger partial charge >= 0.3 is 5.97 Å². The zero-order chi connectivity index (χ0) is 14.4. The normalized spacial score (nSPS) is 10.7. The van der Waals surface area contributed by atoms with Crippen molar-refractivity contribution in [2.75, 3.05) is 7.11 Å². The molecule has 0 saturated carbocycles. The van der Waals surface area contributed by atoms with Gasteiger partial charge in [0, 0.05) is 17.8 Å². The van der Waals surface area contributed by atoms with Gasteiger partial charge in [0.25, 0.3) is 0 Å². The van der Waals surface area contributed by atoms with E-state index in [0.717, 1.165) is 21.2 Å². The van der Waals surface area contributed by atoms with E-state index in [1.165, 1.54) is 17.4 Å². The van der Waals surface area contributed by atoms with E-state index >= 15 is 0 Å². The Bertz CT molecular complexity index is 619. The molecule has 5 heteroatoms. The van der Waals surface area contributed by atoms with Gasteiger partial charge in [0.15, 0.2) is 0 Å². The Hall–Kier alpha value is -2.14. The van der Waals surface area contributed by atoms with Crippen LogP contribution in [0.2, 0.25) is 0 Å². The summed E-state index contributed by atoms with van der Waals surface area (Å²) in [5.74, 6) is 0.330. The minimum atomic E-state index is -0.387. The Morgan fingerprint density at radius 2 is 2.20 bits per heavy atom. The van der Waals surface area contributed by atoms with Crippen LogP contribution in [0.1, 0.15) is 15.4 Å². The maximum Gasteiger partial charge on any atom is 0.331 e. The number of thiazole rings is 1. The molecule has 1 aromatic heterocycles. The van der Waals surface area contributed by atoms with Crippen molar-refractivity contribution in [3.05, 3.63) is 52.0 Å².